The second-order valence-corrected chi connectivity index (χ2v) is 7.35. The highest BCUT2D eigenvalue weighted by Gasteiger charge is 2.22. The molecule has 1 saturated heterocycles. The number of amides is 1. The molecule has 1 fully saturated rings. The highest BCUT2D eigenvalue weighted by molar-refractivity contribution is 7.12. The third-order valence-corrected chi connectivity index (χ3v) is 5.59. The van der Waals surface area contributed by atoms with Crippen molar-refractivity contribution in [3.8, 4) is 5.75 Å². The van der Waals surface area contributed by atoms with Crippen LogP contribution in [-0.4, -0.2) is 61.3 Å². The fourth-order valence-corrected chi connectivity index (χ4v) is 3.73. The minimum atomic E-state index is 0.166. The van der Waals surface area contributed by atoms with Gasteiger partial charge in [-0.2, -0.15) is 0 Å². The fraction of sp³-hybridized carbons (Fsp3) is 0.400. The van der Waals surface area contributed by atoms with Crippen LogP contribution in [0.3, 0.4) is 0 Å². The second kappa shape index (κ2) is 8.96. The Morgan fingerprint density at radius 2 is 1.81 bits per heavy atom. The van der Waals surface area contributed by atoms with Crippen LogP contribution in [0.25, 0.3) is 0 Å². The summed E-state index contributed by atoms with van der Waals surface area (Å²) in [7, 11) is 1.65. The molecule has 0 radical (unpaired) electrons. The van der Waals surface area contributed by atoms with Crippen LogP contribution >= 0.6 is 11.3 Å². The number of rotatable bonds is 7. The lowest BCUT2D eigenvalue weighted by Crippen LogP contribution is -2.49. The van der Waals surface area contributed by atoms with E-state index in [9.17, 15) is 9.59 Å². The van der Waals surface area contributed by atoms with Gasteiger partial charge in [-0.3, -0.25) is 14.5 Å². The quantitative estimate of drug-likeness (QED) is 0.701. The van der Waals surface area contributed by atoms with E-state index in [0.29, 0.717) is 26.1 Å². The highest BCUT2D eigenvalue weighted by Crippen LogP contribution is 2.14. The van der Waals surface area contributed by atoms with E-state index in [1.807, 2.05) is 46.7 Å². The van der Waals surface area contributed by atoms with Gasteiger partial charge in [-0.15, -0.1) is 11.3 Å². The maximum Gasteiger partial charge on any atom is 0.222 e. The van der Waals surface area contributed by atoms with Gasteiger partial charge in [0.15, 0.2) is 5.78 Å². The zero-order chi connectivity index (χ0) is 18.4. The van der Waals surface area contributed by atoms with E-state index in [-0.39, 0.29) is 11.7 Å². The van der Waals surface area contributed by atoms with Crippen molar-refractivity contribution < 1.29 is 14.3 Å². The van der Waals surface area contributed by atoms with Gasteiger partial charge in [0.25, 0.3) is 0 Å². The number of methoxy groups -OCH3 is 1. The average Bonchev–Trinajstić information content (AvgIpc) is 3.22. The number of benzene rings is 1. The van der Waals surface area contributed by atoms with Gasteiger partial charge in [0, 0.05) is 32.6 Å². The lowest BCUT2D eigenvalue weighted by atomic mass is 10.1. The van der Waals surface area contributed by atoms with Crippen LogP contribution in [-0.2, 0) is 11.2 Å². The molecular formula is C20H24N2O3S. The number of aryl methyl sites for hydroxylation is 1. The molecule has 6 heteroatoms. The van der Waals surface area contributed by atoms with E-state index in [2.05, 4.69) is 4.90 Å². The Balaban J connectivity index is 1.41. The molecule has 0 N–H and O–H groups in total. The van der Waals surface area contributed by atoms with E-state index >= 15 is 0 Å². The third-order valence-electron chi connectivity index (χ3n) is 4.67. The van der Waals surface area contributed by atoms with Crippen molar-refractivity contribution in [1.82, 2.24) is 9.80 Å². The van der Waals surface area contributed by atoms with Crippen LogP contribution in [0, 0.1) is 0 Å². The zero-order valence-electron chi connectivity index (χ0n) is 15.0. The molecule has 3 rings (SSSR count). The molecule has 0 aliphatic carbocycles. The first-order valence-corrected chi connectivity index (χ1v) is 9.73. The molecule has 0 unspecified atom stereocenters. The maximum absolute atomic E-state index is 12.4. The molecule has 1 aromatic carbocycles. The largest absolute Gasteiger partial charge is 0.497 e. The number of hydrogen-bond acceptors (Lipinski definition) is 5. The van der Waals surface area contributed by atoms with Crippen molar-refractivity contribution in [3.63, 3.8) is 0 Å². The molecule has 0 atom stereocenters. The molecule has 5 nitrogen and oxygen atoms in total. The van der Waals surface area contributed by atoms with Gasteiger partial charge < -0.3 is 9.64 Å². The molecular weight excluding hydrogens is 348 g/mol. The van der Waals surface area contributed by atoms with Gasteiger partial charge in [-0.1, -0.05) is 18.2 Å². The first-order chi connectivity index (χ1) is 12.7. The van der Waals surface area contributed by atoms with Crippen molar-refractivity contribution >= 4 is 23.0 Å². The predicted molar refractivity (Wildman–Crippen MR) is 103 cm³/mol. The minimum absolute atomic E-state index is 0.166. The summed E-state index contributed by atoms with van der Waals surface area (Å²) in [5.74, 6) is 1.18. The summed E-state index contributed by atoms with van der Waals surface area (Å²) in [5, 5.41) is 1.92. The summed E-state index contributed by atoms with van der Waals surface area (Å²) in [6.45, 7) is 3.34. The van der Waals surface area contributed by atoms with E-state index in [1.54, 1.807) is 7.11 Å². The summed E-state index contributed by atoms with van der Waals surface area (Å²) in [4.78, 5) is 29.5. The number of carbonyl (C=O) groups is 2. The van der Waals surface area contributed by atoms with Crippen LogP contribution in [0.2, 0.25) is 0 Å². The SMILES string of the molecule is COc1ccc(CCC(=O)N2CCN(CC(=O)c3cccs3)CC2)cc1. The Kier molecular flexibility index (Phi) is 6.41. The zero-order valence-corrected chi connectivity index (χ0v) is 15.8. The maximum atomic E-state index is 12.4. The minimum Gasteiger partial charge on any atom is -0.497 e. The number of carbonyl (C=O) groups excluding carboxylic acids is 2. The molecule has 26 heavy (non-hydrogen) atoms. The molecule has 0 saturated carbocycles. The van der Waals surface area contributed by atoms with Crippen molar-refractivity contribution in [1.29, 1.82) is 0 Å². The van der Waals surface area contributed by atoms with Gasteiger partial charge in [-0.25, -0.2) is 0 Å². The summed E-state index contributed by atoms with van der Waals surface area (Å²) in [6.07, 6.45) is 1.25. The number of ketones is 1. The topological polar surface area (TPSA) is 49.9 Å². The van der Waals surface area contributed by atoms with Crippen LogP contribution in [0.1, 0.15) is 21.7 Å². The number of ether oxygens (including phenoxy) is 1. The van der Waals surface area contributed by atoms with Crippen molar-refractivity contribution in [2.24, 2.45) is 0 Å². The van der Waals surface area contributed by atoms with Gasteiger partial charge in [0.1, 0.15) is 5.75 Å². The monoisotopic (exact) mass is 372 g/mol. The Labute approximate surface area is 158 Å². The number of Topliss-reactive ketones (excluding diaryl/α,β-unsaturated/α-hetero) is 1. The summed E-state index contributed by atoms with van der Waals surface area (Å²) < 4.78 is 5.15. The van der Waals surface area contributed by atoms with Gasteiger partial charge >= 0.3 is 0 Å². The molecule has 1 amide bonds. The summed E-state index contributed by atoms with van der Waals surface area (Å²) in [6, 6.07) is 11.6. The van der Waals surface area contributed by atoms with E-state index < -0.39 is 0 Å². The first-order valence-electron chi connectivity index (χ1n) is 8.85. The number of thiophene rings is 1. The Morgan fingerprint density at radius 3 is 2.42 bits per heavy atom. The lowest BCUT2D eigenvalue weighted by molar-refractivity contribution is -0.132. The lowest BCUT2D eigenvalue weighted by Gasteiger charge is -2.34. The van der Waals surface area contributed by atoms with Crippen molar-refractivity contribution in [2.45, 2.75) is 12.8 Å². The predicted octanol–water partition coefficient (Wildman–Crippen LogP) is 2.72. The van der Waals surface area contributed by atoms with E-state index in [0.717, 1.165) is 35.7 Å². The van der Waals surface area contributed by atoms with Crippen LogP contribution in [0.5, 0.6) is 5.75 Å². The average molecular weight is 372 g/mol. The molecule has 0 bridgehead atoms. The van der Waals surface area contributed by atoms with Crippen molar-refractivity contribution in [2.75, 3.05) is 39.8 Å². The molecule has 2 heterocycles. The molecule has 1 aliphatic heterocycles. The van der Waals surface area contributed by atoms with E-state index in [1.165, 1.54) is 11.3 Å². The number of nitrogens with zero attached hydrogens (tertiary/aromatic N) is 2. The number of hydrogen-bond donors (Lipinski definition) is 0. The fourth-order valence-electron chi connectivity index (χ4n) is 3.08. The van der Waals surface area contributed by atoms with Gasteiger partial charge in [0.05, 0.1) is 18.5 Å². The smallest absolute Gasteiger partial charge is 0.222 e. The van der Waals surface area contributed by atoms with Gasteiger partial charge in [-0.05, 0) is 35.6 Å². The Hall–Kier alpha value is -2.18. The summed E-state index contributed by atoms with van der Waals surface area (Å²) >= 11 is 1.48. The molecule has 1 aliphatic rings. The highest BCUT2D eigenvalue weighted by atomic mass is 32.1. The summed E-state index contributed by atoms with van der Waals surface area (Å²) in [5.41, 5.74) is 1.14. The van der Waals surface area contributed by atoms with E-state index in [4.69, 9.17) is 4.74 Å². The Morgan fingerprint density at radius 1 is 1.08 bits per heavy atom. The molecule has 2 aromatic rings. The molecule has 0 spiro atoms. The first kappa shape index (κ1) is 18.6. The van der Waals surface area contributed by atoms with Crippen LogP contribution in [0.15, 0.2) is 41.8 Å². The molecule has 1 aromatic heterocycles. The number of piperazine rings is 1. The molecule has 138 valence electrons. The van der Waals surface area contributed by atoms with Crippen LogP contribution < -0.4 is 4.74 Å². The Bertz CT molecular complexity index is 720. The normalized spacial score (nSPS) is 15.0. The van der Waals surface area contributed by atoms with Gasteiger partial charge in [0.2, 0.25) is 5.91 Å². The van der Waals surface area contributed by atoms with Crippen molar-refractivity contribution in [3.05, 3.63) is 52.2 Å². The van der Waals surface area contributed by atoms with Crippen LogP contribution in [0.4, 0.5) is 0 Å². The second-order valence-electron chi connectivity index (χ2n) is 6.41. The standard InChI is InChI=1S/C20H24N2O3S/c1-25-17-7-4-16(5-8-17)6-9-20(24)22-12-10-21(11-13-22)15-18(23)19-3-2-14-26-19/h2-5,7-8,14H,6,9-13,15H2,1H3. The third kappa shape index (κ3) is 4.93.